The summed E-state index contributed by atoms with van der Waals surface area (Å²) in [5.74, 6) is -0.191. The Morgan fingerprint density at radius 3 is 2.66 bits per heavy atom. The highest BCUT2D eigenvalue weighted by Gasteiger charge is 2.56. The maximum absolute atomic E-state index is 13.2. The van der Waals surface area contributed by atoms with Gasteiger partial charge in [0.15, 0.2) is 9.84 Å². The number of carbonyl (C=O) groups is 3. The van der Waals surface area contributed by atoms with Gasteiger partial charge in [0.1, 0.15) is 17.9 Å². The highest BCUT2D eigenvalue weighted by molar-refractivity contribution is 7.91. The van der Waals surface area contributed by atoms with E-state index >= 15 is 0 Å². The summed E-state index contributed by atoms with van der Waals surface area (Å²) in [6, 6.07) is 0.748. The van der Waals surface area contributed by atoms with Gasteiger partial charge < -0.3 is 10.6 Å². The van der Waals surface area contributed by atoms with Crippen LogP contribution in [-0.2, 0) is 19.4 Å². The van der Waals surface area contributed by atoms with Crippen LogP contribution in [0.25, 0.3) is 0 Å². The number of sulfone groups is 1. The molecule has 4 amide bonds. The molecule has 0 bridgehead atoms. The third-order valence-electron chi connectivity index (χ3n) is 6.61. The number of urea groups is 1. The summed E-state index contributed by atoms with van der Waals surface area (Å²) >= 11 is 0. The van der Waals surface area contributed by atoms with Crippen LogP contribution < -0.4 is 10.6 Å². The van der Waals surface area contributed by atoms with Crippen molar-refractivity contribution in [1.82, 2.24) is 20.0 Å². The molecule has 11 heteroatoms. The summed E-state index contributed by atoms with van der Waals surface area (Å²) in [5.41, 5.74) is -0.420. The standard InChI is InChI=1S/C21H31N5O5S/c1-13-8-20(3,4)12-21(9-13)18(28)25(19(29)23-21)10-17(27)22-16-7-14(2)24-26(16)15-5-6-32(30,31)11-15/h7,13,15H,5-6,8-12H2,1-4H3,(H,22,27)(H,23,29). The first-order valence-electron chi connectivity index (χ1n) is 11.0. The highest BCUT2D eigenvalue weighted by Crippen LogP contribution is 2.46. The normalized spacial score (nSPS) is 31.2. The molecule has 3 heterocycles. The first-order chi connectivity index (χ1) is 14.8. The van der Waals surface area contributed by atoms with Crippen molar-refractivity contribution in [2.24, 2.45) is 11.3 Å². The molecule has 1 spiro atoms. The lowest BCUT2D eigenvalue weighted by atomic mass is 9.64. The van der Waals surface area contributed by atoms with Crippen LogP contribution in [0.3, 0.4) is 0 Å². The Morgan fingerprint density at radius 1 is 1.31 bits per heavy atom. The van der Waals surface area contributed by atoms with Gasteiger partial charge in [-0.15, -0.1) is 0 Å². The predicted octanol–water partition coefficient (Wildman–Crippen LogP) is 1.63. The minimum atomic E-state index is -3.12. The number of nitrogens with zero attached hydrogens (tertiary/aromatic N) is 3. The monoisotopic (exact) mass is 465 g/mol. The van der Waals surface area contributed by atoms with E-state index in [1.54, 1.807) is 13.0 Å². The van der Waals surface area contributed by atoms with Crippen LogP contribution in [0.2, 0.25) is 0 Å². The second kappa shape index (κ2) is 7.57. The maximum atomic E-state index is 13.2. The number of amides is 4. The molecule has 176 valence electrons. The Morgan fingerprint density at radius 2 is 2.03 bits per heavy atom. The van der Waals surface area contributed by atoms with E-state index in [1.165, 1.54) is 4.68 Å². The second-order valence-corrected chi connectivity index (χ2v) is 12.7. The molecule has 2 N–H and O–H groups in total. The fraction of sp³-hybridized carbons (Fsp3) is 0.714. The van der Waals surface area contributed by atoms with E-state index in [1.807, 2.05) is 0 Å². The largest absolute Gasteiger partial charge is 0.325 e. The van der Waals surface area contributed by atoms with E-state index < -0.39 is 33.9 Å². The number of aryl methyl sites for hydroxylation is 1. The van der Waals surface area contributed by atoms with Crippen molar-refractivity contribution in [3.05, 3.63) is 11.8 Å². The van der Waals surface area contributed by atoms with Gasteiger partial charge in [-0.05, 0) is 43.9 Å². The lowest BCUT2D eigenvalue weighted by Crippen LogP contribution is -2.54. The minimum Gasteiger partial charge on any atom is -0.323 e. The van der Waals surface area contributed by atoms with Gasteiger partial charge in [0.25, 0.3) is 5.91 Å². The fourth-order valence-electron chi connectivity index (χ4n) is 5.83. The number of rotatable bonds is 4. The molecule has 10 nitrogen and oxygen atoms in total. The summed E-state index contributed by atoms with van der Waals surface area (Å²) in [6.45, 7) is 7.60. The molecule has 3 aliphatic rings. The zero-order chi connectivity index (χ0) is 23.5. The van der Waals surface area contributed by atoms with Crippen molar-refractivity contribution in [3.8, 4) is 0 Å². The van der Waals surface area contributed by atoms with Gasteiger partial charge in [-0.3, -0.25) is 14.5 Å². The van der Waals surface area contributed by atoms with Gasteiger partial charge in [0.2, 0.25) is 5.91 Å². The molecule has 0 radical (unpaired) electrons. The minimum absolute atomic E-state index is 0.0273. The van der Waals surface area contributed by atoms with Gasteiger partial charge in [-0.2, -0.15) is 5.10 Å². The molecule has 3 atom stereocenters. The van der Waals surface area contributed by atoms with Crippen LogP contribution in [0.15, 0.2) is 6.07 Å². The van der Waals surface area contributed by atoms with Crippen LogP contribution in [0.5, 0.6) is 0 Å². The molecule has 2 aliphatic heterocycles. The number of anilines is 1. The van der Waals surface area contributed by atoms with Crippen molar-refractivity contribution >= 4 is 33.5 Å². The van der Waals surface area contributed by atoms with Gasteiger partial charge in [0.05, 0.1) is 23.2 Å². The lowest BCUT2D eigenvalue weighted by Gasteiger charge is -2.43. The average Bonchev–Trinajstić information content (AvgIpc) is 3.23. The van der Waals surface area contributed by atoms with Crippen LogP contribution in [-0.4, -0.2) is 64.5 Å². The van der Waals surface area contributed by atoms with Gasteiger partial charge in [-0.1, -0.05) is 20.8 Å². The van der Waals surface area contributed by atoms with Crippen LogP contribution in [0.1, 0.15) is 58.2 Å². The number of carbonyl (C=O) groups excluding carboxylic acids is 3. The Bertz CT molecular complexity index is 1080. The summed E-state index contributed by atoms with van der Waals surface area (Å²) in [7, 11) is -3.12. The number of hydrogen-bond acceptors (Lipinski definition) is 6. The summed E-state index contributed by atoms with van der Waals surface area (Å²) < 4.78 is 25.2. The second-order valence-electron chi connectivity index (χ2n) is 10.5. The maximum Gasteiger partial charge on any atom is 0.325 e. The van der Waals surface area contributed by atoms with Crippen molar-refractivity contribution in [3.63, 3.8) is 0 Å². The quantitative estimate of drug-likeness (QED) is 0.650. The van der Waals surface area contributed by atoms with Gasteiger partial charge in [0, 0.05) is 6.07 Å². The van der Waals surface area contributed by atoms with E-state index in [0.29, 0.717) is 30.8 Å². The van der Waals surface area contributed by atoms with Crippen molar-refractivity contribution in [2.75, 3.05) is 23.4 Å². The third kappa shape index (κ3) is 4.26. The average molecular weight is 466 g/mol. The molecule has 4 rings (SSSR count). The molecular formula is C21H31N5O5S. The number of aromatic nitrogens is 2. The Kier molecular flexibility index (Phi) is 5.38. The predicted molar refractivity (Wildman–Crippen MR) is 118 cm³/mol. The zero-order valence-electron chi connectivity index (χ0n) is 19.0. The van der Waals surface area contributed by atoms with Crippen molar-refractivity contribution < 1.29 is 22.8 Å². The lowest BCUT2D eigenvalue weighted by molar-refractivity contribution is -0.136. The molecule has 2 saturated heterocycles. The molecule has 1 aromatic heterocycles. The molecule has 1 saturated carbocycles. The first-order valence-corrected chi connectivity index (χ1v) is 12.8. The molecule has 1 aliphatic carbocycles. The molecule has 3 fully saturated rings. The van der Waals surface area contributed by atoms with Crippen molar-refractivity contribution in [1.29, 1.82) is 0 Å². The van der Waals surface area contributed by atoms with Gasteiger partial charge >= 0.3 is 6.03 Å². The molecule has 3 unspecified atom stereocenters. The number of nitrogens with one attached hydrogen (secondary N) is 2. The van der Waals surface area contributed by atoms with Gasteiger partial charge in [-0.25, -0.2) is 17.9 Å². The fourth-order valence-corrected chi connectivity index (χ4v) is 7.52. The van der Waals surface area contributed by atoms with E-state index in [0.717, 1.165) is 11.3 Å². The molecule has 1 aromatic rings. The molecule has 0 aromatic carbocycles. The molecular weight excluding hydrogens is 434 g/mol. The SMILES string of the molecule is Cc1cc(NC(=O)CN2C(=O)NC3(CC(C)CC(C)(C)C3)C2=O)n(C2CCS(=O)(=O)C2)n1. The molecule has 32 heavy (non-hydrogen) atoms. The Labute approximate surface area is 188 Å². The Balaban J connectivity index is 1.48. The van der Waals surface area contributed by atoms with E-state index in [-0.39, 0.29) is 34.8 Å². The summed E-state index contributed by atoms with van der Waals surface area (Å²) in [4.78, 5) is 39.7. The Hall–Kier alpha value is -2.43. The van der Waals surface area contributed by atoms with Crippen molar-refractivity contribution in [2.45, 2.75) is 65.0 Å². The smallest absolute Gasteiger partial charge is 0.323 e. The summed E-state index contributed by atoms with van der Waals surface area (Å²) in [6.07, 6.45) is 2.49. The van der Waals surface area contributed by atoms with E-state index in [9.17, 15) is 22.8 Å². The summed E-state index contributed by atoms with van der Waals surface area (Å²) in [5, 5.41) is 9.92. The van der Waals surface area contributed by atoms with Crippen LogP contribution in [0, 0.1) is 18.3 Å². The van der Waals surface area contributed by atoms with Crippen LogP contribution in [0.4, 0.5) is 10.6 Å². The highest BCUT2D eigenvalue weighted by atomic mass is 32.2. The van der Waals surface area contributed by atoms with E-state index in [4.69, 9.17) is 0 Å². The number of imide groups is 1. The third-order valence-corrected chi connectivity index (χ3v) is 8.36. The number of hydrogen-bond donors (Lipinski definition) is 2. The van der Waals surface area contributed by atoms with Crippen LogP contribution >= 0.6 is 0 Å². The first kappa shape index (κ1) is 22.8. The zero-order valence-corrected chi connectivity index (χ0v) is 19.8. The van der Waals surface area contributed by atoms with E-state index in [2.05, 4.69) is 36.5 Å². The topological polar surface area (TPSA) is 130 Å².